The predicted octanol–water partition coefficient (Wildman–Crippen LogP) is 0.849. The molecule has 3 amide bonds. The lowest BCUT2D eigenvalue weighted by Crippen LogP contribution is -2.45. The topological polar surface area (TPSA) is 81.7 Å². The Morgan fingerprint density at radius 3 is 2.85 bits per heavy atom. The lowest BCUT2D eigenvalue weighted by atomic mass is 10.1. The lowest BCUT2D eigenvalue weighted by Gasteiger charge is -2.23. The van der Waals surface area contributed by atoms with Gasteiger partial charge >= 0.3 is 6.03 Å². The highest BCUT2D eigenvalue weighted by Crippen LogP contribution is 2.20. The van der Waals surface area contributed by atoms with E-state index in [4.69, 9.17) is 5.11 Å². The molecule has 1 unspecified atom stereocenters. The molecule has 1 heterocycles. The molecule has 0 bridgehead atoms. The zero-order valence-electron chi connectivity index (χ0n) is 12.4. The monoisotopic (exact) mass is 285 g/mol. The molecule has 0 aromatic carbocycles. The fourth-order valence-electron chi connectivity index (χ4n) is 2.53. The first-order valence-corrected chi connectivity index (χ1v) is 7.60. The molecule has 3 N–H and O–H groups in total. The third-order valence-electron chi connectivity index (χ3n) is 3.61. The SMILES string of the molecule is CCCCNC(=O)NC(=O)CN1CCCC1CCCO. The number of aliphatic hydroxyl groups is 1. The summed E-state index contributed by atoms with van der Waals surface area (Å²) in [5, 5.41) is 13.9. The summed E-state index contributed by atoms with van der Waals surface area (Å²) in [5.41, 5.74) is 0. The third kappa shape index (κ3) is 6.34. The molecule has 0 saturated carbocycles. The second-order valence-corrected chi connectivity index (χ2v) is 5.29. The van der Waals surface area contributed by atoms with E-state index in [0.29, 0.717) is 12.6 Å². The van der Waals surface area contributed by atoms with Gasteiger partial charge < -0.3 is 10.4 Å². The van der Waals surface area contributed by atoms with Crippen LogP contribution in [0.5, 0.6) is 0 Å². The number of rotatable bonds is 8. The lowest BCUT2D eigenvalue weighted by molar-refractivity contribution is -0.121. The quantitative estimate of drug-likeness (QED) is 0.577. The number of carbonyl (C=O) groups excluding carboxylic acids is 2. The van der Waals surface area contributed by atoms with Crippen molar-refractivity contribution in [2.45, 2.75) is 51.5 Å². The Hall–Kier alpha value is -1.14. The average molecular weight is 285 g/mol. The van der Waals surface area contributed by atoms with Crippen LogP contribution in [0, 0.1) is 0 Å². The molecule has 1 atom stereocenters. The van der Waals surface area contributed by atoms with E-state index in [2.05, 4.69) is 15.5 Å². The molecule has 1 rings (SSSR count). The van der Waals surface area contributed by atoms with Crippen LogP contribution in [0.3, 0.4) is 0 Å². The van der Waals surface area contributed by atoms with Crippen LogP contribution in [0.1, 0.15) is 45.4 Å². The van der Waals surface area contributed by atoms with Crippen molar-refractivity contribution in [2.24, 2.45) is 0 Å². The van der Waals surface area contributed by atoms with Crippen LogP contribution in [0.25, 0.3) is 0 Å². The maximum absolute atomic E-state index is 11.8. The van der Waals surface area contributed by atoms with Crippen molar-refractivity contribution in [2.75, 3.05) is 26.2 Å². The van der Waals surface area contributed by atoms with Gasteiger partial charge in [0.05, 0.1) is 6.54 Å². The van der Waals surface area contributed by atoms with Crippen molar-refractivity contribution >= 4 is 11.9 Å². The van der Waals surface area contributed by atoms with Crippen LogP contribution in [-0.4, -0.2) is 54.2 Å². The molecular weight excluding hydrogens is 258 g/mol. The minimum atomic E-state index is -0.408. The zero-order chi connectivity index (χ0) is 14.8. The molecular formula is C14H27N3O3. The van der Waals surface area contributed by atoms with E-state index in [9.17, 15) is 9.59 Å². The molecule has 6 heteroatoms. The minimum absolute atomic E-state index is 0.191. The van der Waals surface area contributed by atoms with Crippen LogP contribution in [-0.2, 0) is 4.79 Å². The van der Waals surface area contributed by atoms with E-state index in [1.54, 1.807) is 0 Å². The largest absolute Gasteiger partial charge is 0.396 e. The molecule has 1 aliphatic rings. The molecule has 0 spiro atoms. The fraction of sp³-hybridized carbons (Fsp3) is 0.857. The summed E-state index contributed by atoms with van der Waals surface area (Å²) >= 11 is 0. The number of urea groups is 1. The van der Waals surface area contributed by atoms with Gasteiger partial charge in [0.1, 0.15) is 0 Å². The highest BCUT2D eigenvalue weighted by Gasteiger charge is 2.25. The molecule has 6 nitrogen and oxygen atoms in total. The summed E-state index contributed by atoms with van der Waals surface area (Å²) in [6, 6.07) is -0.0504. The first kappa shape index (κ1) is 16.9. The average Bonchev–Trinajstić information content (AvgIpc) is 2.83. The maximum Gasteiger partial charge on any atom is 0.321 e. The van der Waals surface area contributed by atoms with Crippen LogP contribution in [0.15, 0.2) is 0 Å². The molecule has 1 saturated heterocycles. The van der Waals surface area contributed by atoms with Gasteiger partial charge in [-0.25, -0.2) is 4.79 Å². The first-order chi connectivity index (χ1) is 9.67. The number of likely N-dealkylation sites (tertiary alicyclic amines) is 1. The third-order valence-corrected chi connectivity index (χ3v) is 3.61. The van der Waals surface area contributed by atoms with Gasteiger partial charge in [0.2, 0.25) is 5.91 Å². The Bertz CT molecular complexity index is 310. The molecule has 1 fully saturated rings. The van der Waals surface area contributed by atoms with Crippen molar-refractivity contribution in [1.82, 2.24) is 15.5 Å². The van der Waals surface area contributed by atoms with Crippen LogP contribution < -0.4 is 10.6 Å². The molecule has 116 valence electrons. The number of amides is 3. The second kappa shape index (κ2) is 9.72. The van der Waals surface area contributed by atoms with Crippen molar-refractivity contribution in [1.29, 1.82) is 0 Å². The molecule has 0 radical (unpaired) electrons. The zero-order valence-corrected chi connectivity index (χ0v) is 12.4. The summed E-state index contributed by atoms with van der Waals surface area (Å²) in [5.74, 6) is -0.255. The Morgan fingerprint density at radius 2 is 2.15 bits per heavy atom. The number of hydrogen-bond donors (Lipinski definition) is 3. The Kier molecular flexibility index (Phi) is 8.22. The van der Waals surface area contributed by atoms with E-state index in [1.165, 1.54) is 0 Å². The van der Waals surface area contributed by atoms with Gasteiger partial charge in [0.15, 0.2) is 0 Å². The number of imide groups is 1. The number of nitrogens with one attached hydrogen (secondary N) is 2. The van der Waals surface area contributed by atoms with Gasteiger partial charge in [-0.1, -0.05) is 13.3 Å². The van der Waals surface area contributed by atoms with Crippen LogP contribution >= 0.6 is 0 Å². The number of nitrogens with zero attached hydrogens (tertiary/aromatic N) is 1. The standard InChI is InChI=1S/C14H27N3O3/c1-2-3-8-15-14(20)16-13(19)11-17-9-4-6-12(17)7-5-10-18/h12,18H,2-11H2,1H3,(H2,15,16,19,20). The van der Waals surface area contributed by atoms with E-state index in [1.807, 2.05) is 6.92 Å². The van der Waals surface area contributed by atoms with Crippen LogP contribution in [0.4, 0.5) is 4.79 Å². The highest BCUT2D eigenvalue weighted by molar-refractivity contribution is 5.95. The molecule has 0 aromatic rings. The summed E-state index contributed by atoms with van der Waals surface area (Å²) in [7, 11) is 0. The summed E-state index contributed by atoms with van der Waals surface area (Å²) < 4.78 is 0. The van der Waals surface area contributed by atoms with Gasteiger partial charge in [-0.2, -0.15) is 0 Å². The van der Waals surface area contributed by atoms with Gasteiger partial charge in [0.25, 0.3) is 0 Å². The smallest absolute Gasteiger partial charge is 0.321 e. The van der Waals surface area contributed by atoms with Crippen LogP contribution in [0.2, 0.25) is 0 Å². The molecule has 1 aliphatic heterocycles. The van der Waals surface area contributed by atoms with E-state index >= 15 is 0 Å². The molecule has 20 heavy (non-hydrogen) atoms. The van der Waals surface area contributed by atoms with Gasteiger partial charge in [0, 0.05) is 19.2 Å². The van der Waals surface area contributed by atoms with E-state index in [0.717, 1.165) is 45.1 Å². The van der Waals surface area contributed by atoms with Crippen molar-refractivity contribution in [3.05, 3.63) is 0 Å². The first-order valence-electron chi connectivity index (χ1n) is 7.60. The highest BCUT2D eigenvalue weighted by atomic mass is 16.3. The van der Waals surface area contributed by atoms with Gasteiger partial charge in [-0.15, -0.1) is 0 Å². The van der Waals surface area contributed by atoms with Gasteiger partial charge in [-0.3, -0.25) is 15.0 Å². The van der Waals surface area contributed by atoms with E-state index < -0.39 is 6.03 Å². The Balaban J connectivity index is 2.25. The Morgan fingerprint density at radius 1 is 1.35 bits per heavy atom. The van der Waals surface area contributed by atoms with Gasteiger partial charge in [-0.05, 0) is 38.6 Å². The van der Waals surface area contributed by atoms with Crippen molar-refractivity contribution in [3.8, 4) is 0 Å². The molecule has 0 aromatic heterocycles. The van der Waals surface area contributed by atoms with Crippen molar-refractivity contribution in [3.63, 3.8) is 0 Å². The summed E-state index contributed by atoms with van der Waals surface area (Å²) in [4.78, 5) is 25.4. The van der Waals surface area contributed by atoms with Crippen molar-refractivity contribution < 1.29 is 14.7 Å². The molecule has 0 aliphatic carbocycles. The number of hydrogen-bond acceptors (Lipinski definition) is 4. The minimum Gasteiger partial charge on any atom is -0.396 e. The summed E-state index contributed by atoms with van der Waals surface area (Å²) in [6.07, 6.45) is 5.74. The number of unbranched alkanes of at least 4 members (excludes halogenated alkanes) is 1. The second-order valence-electron chi connectivity index (χ2n) is 5.29. The normalized spacial score (nSPS) is 19.0. The Labute approximate surface area is 120 Å². The number of aliphatic hydroxyl groups excluding tert-OH is 1. The number of carbonyl (C=O) groups is 2. The maximum atomic E-state index is 11.8. The predicted molar refractivity (Wildman–Crippen MR) is 77.4 cm³/mol. The summed E-state index contributed by atoms with van der Waals surface area (Å²) in [6.45, 7) is 3.98. The van der Waals surface area contributed by atoms with E-state index in [-0.39, 0.29) is 19.1 Å². The fourth-order valence-corrected chi connectivity index (χ4v) is 2.53.